The van der Waals surface area contributed by atoms with Crippen LogP contribution in [0.25, 0.3) is 11.3 Å². The lowest BCUT2D eigenvalue weighted by Crippen LogP contribution is -2.40. The molecular formula is C23H20ClFN4O4. The van der Waals surface area contributed by atoms with Crippen molar-refractivity contribution in [1.29, 1.82) is 0 Å². The number of hydrogen-bond donors (Lipinski definition) is 1. The molecule has 1 aliphatic heterocycles. The van der Waals surface area contributed by atoms with E-state index in [9.17, 15) is 14.0 Å². The van der Waals surface area contributed by atoms with E-state index in [2.05, 4.69) is 15.5 Å². The molecule has 0 aliphatic carbocycles. The van der Waals surface area contributed by atoms with Gasteiger partial charge in [0.15, 0.2) is 5.69 Å². The number of aromatic nitrogens is 2. The first-order chi connectivity index (χ1) is 16.0. The van der Waals surface area contributed by atoms with E-state index in [0.29, 0.717) is 37.6 Å². The van der Waals surface area contributed by atoms with Gasteiger partial charge in [0.2, 0.25) is 0 Å². The first kappa shape index (κ1) is 22.6. The fourth-order valence-electron chi connectivity index (χ4n) is 3.40. The van der Waals surface area contributed by atoms with Gasteiger partial charge in [-0.2, -0.15) is 0 Å². The lowest BCUT2D eigenvalue weighted by Gasteiger charge is -2.26. The second-order valence-corrected chi connectivity index (χ2v) is 7.59. The van der Waals surface area contributed by atoms with E-state index in [4.69, 9.17) is 21.1 Å². The molecule has 3 aromatic rings. The van der Waals surface area contributed by atoms with Gasteiger partial charge in [-0.05, 0) is 42.5 Å². The summed E-state index contributed by atoms with van der Waals surface area (Å²) in [5.74, 6) is -1.36. The molecule has 0 atom stereocenters. The minimum atomic E-state index is -0.713. The largest absolute Gasteiger partial charge is 0.464 e. The zero-order chi connectivity index (χ0) is 23.4. The van der Waals surface area contributed by atoms with Crippen molar-refractivity contribution in [3.8, 4) is 11.3 Å². The van der Waals surface area contributed by atoms with Crippen LogP contribution in [-0.2, 0) is 9.47 Å². The van der Waals surface area contributed by atoms with Gasteiger partial charge in [0, 0.05) is 24.3 Å². The molecule has 1 amide bonds. The minimum Gasteiger partial charge on any atom is -0.464 e. The molecule has 0 radical (unpaired) electrons. The Morgan fingerprint density at radius 3 is 2.52 bits per heavy atom. The van der Waals surface area contributed by atoms with Crippen LogP contribution >= 0.6 is 11.6 Å². The summed E-state index contributed by atoms with van der Waals surface area (Å²) in [7, 11) is 1.22. The molecule has 1 aliphatic rings. The number of hydrogen-bond acceptors (Lipinski definition) is 7. The van der Waals surface area contributed by atoms with E-state index in [-0.39, 0.29) is 33.6 Å². The summed E-state index contributed by atoms with van der Waals surface area (Å²) in [6, 6.07) is 12.5. The molecule has 1 fully saturated rings. The van der Waals surface area contributed by atoms with Crippen molar-refractivity contribution in [2.75, 3.05) is 38.7 Å². The SMILES string of the molecule is COC(=O)c1nnc(-c2c(F)cccc2Cl)cc1Nc1ccc(C(=O)N2CCOCC2)cc1. The molecule has 0 saturated carbocycles. The van der Waals surface area contributed by atoms with E-state index < -0.39 is 11.8 Å². The normalized spacial score (nSPS) is 13.5. The maximum absolute atomic E-state index is 14.4. The van der Waals surface area contributed by atoms with Crippen LogP contribution in [0.15, 0.2) is 48.5 Å². The Labute approximate surface area is 194 Å². The van der Waals surface area contributed by atoms with Gasteiger partial charge >= 0.3 is 5.97 Å². The zero-order valence-electron chi connectivity index (χ0n) is 17.7. The van der Waals surface area contributed by atoms with Gasteiger partial charge in [0.1, 0.15) is 5.82 Å². The van der Waals surface area contributed by atoms with Crippen molar-refractivity contribution in [2.24, 2.45) is 0 Å². The topological polar surface area (TPSA) is 93.7 Å². The smallest absolute Gasteiger partial charge is 0.360 e. The highest BCUT2D eigenvalue weighted by Gasteiger charge is 2.21. The van der Waals surface area contributed by atoms with Crippen molar-refractivity contribution >= 4 is 34.9 Å². The molecular weight excluding hydrogens is 451 g/mol. The first-order valence-corrected chi connectivity index (χ1v) is 10.5. The third-order valence-electron chi connectivity index (χ3n) is 5.10. The van der Waals surface area contributed by atoms with Crippen LogP contribution in [-0.4, -0.2) is 60.4 Å². The lowest BCUT2D eigenvalue weighted by molar-refractivity contribution is 0.0303. The number of ether oxygens (including phenoxy) is 2. The van der Waals surface area contributed by atoms with Crippen LogP contribution in [0.1, 0.15) is 20.8 Å². The maximum Gasteiger partial charge on any atom is 0.360 e. The van der Waals surface area contributed by atoms with Gasteiger partial charge in [-0.3, -0.25) is 4.79 Å². The van der Waals surface area contributed by atoms with Crippen LogP contribution in [0.3, 0.4) is 0 Å². The molecule has 1 N–H and O–H groups in total. The highest BCUT2D eigenvalue weighted by atomic mass is 35.5. The highest BCUT2D eigenvalue weighted by molar-refractivity contribution is 6.33. The van der Waals surface area contributed by atoms with Crippen molar-refractivity contribution in [2.45, 2.75) is 0 Å². The number of nitrogens with one attached hydrogen (secondary N) is 1. The number of amides is 1. The molecule has 170 valence electrons. The summed E-state index contributed by atoms with van der Waals surface area (Å²) in [5.41, 5.74) is 1.49. The van der Waals surface area contributed by atoms with Gasteiger partial charge in [0.25, 0.3) is 5.91 Å². The Kier molecular flexibility index (Phi) is 6.81. The lowest BCUT2D eigenvalue weighted by atomic mass is 10.1. The number of carbonyl (C=O) groups is 2. The molecule has 1 aromatic heterocycles. The van der Waals surface area contributed by atoms with Gasteiger partial charge in [-0.15, -0.1) is 10.2 Å². The van der Waals surface area contributed by atoms with Gasteiger partial charge in [-0.1, -0.05) is 17.7 Å². The summed E-state index contributed by atoms with van der Waals surface area (Å²) in [6.45, 7) is 2.13. The average Bonchev–Trinajstić information content (AvgIpc) is 2.84. The predicted octanol–water partition coefficient (Wildman–Crippen LogP) is 3.94. The molecule has 33 heavy (non-hydrogen) atoms. The number of anilines is 2. The van der Waals surface area contributed by atoms with Gasteiger partial charge in [-0.25, -0.2) is 9.18 Å². The molecule has 0 bridgehead atoms. The van der Waals surface area contributed by atoms with E-state index in [0.717, 1.165) is 0 Å². The Balaban J connectivity index is 1.63. The molecule has 8 nitrogen and oxygen atoms in total. The quantitative estimate of drug-likeness (QED) is 0.564. The number of esters is 1. The summed E-state index contributed by atoms with van der Waals surface area (Å²) >= 11 is 6.15. The third-order valence-corrected chi connectivity index (χ3v) is 5.42. The number of nitrogens with zero attached hydrogens (tertiary/aromatic N) is 3. The van der Waals surface area contributed by atoms with E-state index in [1.165, 1.54) is 31.4 Å². The molecule has 2 aromatic carbocycles. The summed E-state index contributed by atoms with van der Waals surface area (Å²) in [5, 5.41) is 11.1. The van der Waals surface area contributed by atoms with E-state index in [1.54, 1.807) is 29.2 Å². The molecule has 0 unspecified atom stereocenters. The highest BCUT2D eigenvalue weighted by Crippen LogP contribution is 2.32. The number of methoxy groups -OCH3 is 1. The van der Waals surface area contributed by atoms with Gasteiger partial charge in [0.05, 0.1) is 42.3 Å². The van der Waals surface area contributed by atoms with Crippen LogP contribution in [0.4, 0.5) is 15.8 Å². The monoisotopic (exact) mass is 470 g/mol. The minimum absolute atomic E-state index is 0.0672. The average molecular weight is 471 g/mol. The summed E-state index contributed by atoms with van der Waals surface area (Å²) < 4.78 is 24.5. The third kappa shape index (κ3) is 4.94. The second-order valence-electron chi connectivity index (χ2n) is 7.19. The van der Waals surface area contributed by atoms with Crippen LogP contribution < -0.4 is 5.32 Å². The standard InChI is InChI=1S/C23H20ClFN4O4/c1-32-23(31)21-19(13-18(27-28-21)20-16(24)3-2-4-17(20)25)26-15-7-5-14(6-8-15)22(30)29-9-11-33-12-10-29/h2-8,13H,9-12H2,1H3,(H,26,27). The van der Waals surface area contributed by atoms with Crippen molar-refractivity contribution in [3.63, 3.8) is 0 Å². The second kappa shape index (κ2) is 9.93. The summed E-state index contributed by atoms with van der Waals surface area (Å²) in [6.07, 6.45) is 0. The molecule has 4 rings (SSSR count). The van der Waals surface area contributed by atoms with E-state index >= 15 is 0 Å². The molecule has 10 heteroatoms. The van der Waals surface area contributed by atoms with Crippen molar-refractivity contribution in [1.82, 2.24) is 15.1 Å². The molecule has 1 saturated heterocycles. The van der Waals surface area contributed by atoms with Gasteiger partial charge < -0.3 is 19.7 Å². The van der Waals surface area contributed by atoms with Crippen molar-refractivity contribution in [3.05, 3.63) is 70.6 Å². The number of morpholine rings is 1. The van der Waals surface area contributed by atoms with Crippen LogP contribution in [0.2, 0.25) is 5.02 Å². The Morgan fingerprint density at radius 1 is 1.12 bits per heavy atom. The van der Waals surface area contributed by atoms with Crippen molar-refractivity contribution < 1.29 is 23.5 Å². The number of halogens is 2. The first-order valence-electron chi connectivity index (χ1n) is 10.1. The summed E-state index contributed by atoms with van der Waals surface area (Å²) in [4.78, 5) is 26.6. The van der Waals surface area contributed by atoms with E-state index in [1.807, 2.05) is 0 Å². The van der Waals surface area contributed by atoms with Crippen LogP contribution in [0.5, 0.6) is 0 Å². The molecule has 2 heterocycles. The number of benzene rings is 2. The Morgan fingerprint density at radius 2 is 1.85 bits per heavy atom. The Hall–Kier alpha value is -3.56. The fraction of sp³-hybridized carbons (Fsp3) is 0.217. The zero-order valence-corrected chi connectivity index (χ0v) is 18.4. The molecule has 0 spiro atoms. The number of rotatable bonds is 5. The Bertz CT molecular complexity index is 1160. The predicted molar refractivity (Wildman–Crippen MR) is 120 cm³/mol. The fourth-order valence-corrected chi connectivity index (χ4v) is 3.66. The number of carbonyl (C=O) groups excluding carboxylic acids is 2. The van der Waals surface area contributed by atoms with Crippen LogP contribution in [0, 0.1) is 5.82 Å². The maximum atomic E-state index is 14.4.